The molecule has 0 radical (unpaired) electrons. The lowest BCUT2D eigenvalue weighted by Gasteiger charge is -2.16. The molecule has 21 heavy (non-hydrogen) atoms. The van der Waals surface area contributed by atoms with Crippen molar-refractivity contribution in [1.82, 2.24) is 4.72 Å². The molecule has 0 saturated carbocycles. The molecule has 0 aromatic heterocycles. The van der Waals surface area contributed by atoms with Crippen LogP contribution in [0.5, 0.6) is 0 Å². The molecule has 1 aromatic carbocycles. The zero-order valence-electron chi connectivity index (χ0n) is 12.7. The second kappa shape index (κ2) is 5.77. The van der Waals surface area contributed by atoms with E-state index in [-0.39, 0.29) is 11.7 Å². The summed E-state index contributed by atoms with van der Waals surface area (Å²) in [6.07, 6.45) is 1.22. The van der Waals surface area contributed by atoms with E-state index in [2.05, 4.69) is 10.0 Å². The van der Waals surface area contributed by atoms with E-state index in [1.807, 2.05) is 39.0 Å². The van der Waals surface area contributed by atoms with Gasteiger partial charge in [0.05, 0.1) is 11.2 Å². The predicted molar refractivity (Wildman–Crippen MR) is 83.9 cm³/mol. The zero-order valence-corrected chi connectivity index (χ0v) is 13.5. The maximum absolute atomic E-state index is 11.9. The Kier molecular flexibility index (Phi) is 4.39. The molecule has 116 valence electrons. The molecule has 0 bridgehead atoms. The number of fused-ring (bicyclic) bond motifs is 1. The highest BCUT2D eigenvalue weighted by Gasteiger charge is 2.38. The molecule has 1 aromatic rings. The first-order chi connectivity index (χ1) is 9.76. The van der Waals surface area contributed by atoms with Gasteiger partial charge in [-0.05, 0) is 43.9 Å². The first kappa shape index (κ1) is 16.0. The largest absolute Gasteiger partial charge is 0.325 e. The van der Waals surface area contributed by atoms with Gasteiger partial charge in [-0.1, -0.05) is 19.1 Å². The van der Waals surface area contributed by atoms with Gasteiger partial charge in [0.1, 0.15) is 0 Å². The van der Waals surface area contributed by atoms with Crippen LogP contribution in [0.15, 0.2) is 18.2 Å². The predicted octanol–water partition coefficient (Wildman–Crippen LogP) is 1.79. The Labute approximate surface area is 126 Å². The number of anilines is 1. The fraction of sp³-hybridized carbons (Fsp3) is 0.533. The van der Waals surface area contributed by atoms with Crippen molar-refractivity contribution in [2.45, 2.75) is 39.0 Å². The van der Waals surface area contributed by atoms with Gasteiger partial charge in [0.2, 0.25) is 15.9 Å². The standard InChI is InChI=1S/C15H22N2O3S/c1-4-9-21(19,20)16-8-7-11-5-6-13-12(10-11)15(2,3)14(18)17-13/h5-6,10,16H,4,7-9H2,1-3H3,(H,17,18). The molecule has 0 aliphatic carbocycles. The molecule has 0 fully saturated rings. The Morgan fingerprint density at radius 2 is 2.00 bits per heavy atom. The van der Waals surface area contributed by atoms with Crippen LogP contribution >= 0.6 is 0 Å². The van der Waals surface area contributed by atoms with E-state index in [1.165, 1.54) is 0 Å². The number of carbonyl (C=O) groups is 1. The Bertz CT molecular complexity index is 651. The molecular weight excluding hydrogens is 288 g/mol. The number of carbonyl (C=O) groups excluding carboxylic acids is 1. The minimum atomic E-state index is -3.16. The number of benzene rings is 1. The van der Waals surface area contributed by atoms with Crippen molar-refractivity contribution < 1.29 is 13.2 Å². The fourth-order valence-electron chi connectivity index (χ4n) is 2.47. The molecule has 2 N–H and O–H groups in total. The topological polar surface area (TPSA) is 75.3 Å². The molecule has 1 amide bonds. The van der Waals surface area contributed by atoms with E-state index in [9.17, 15) is 13.2 Å². The van der Waals surface area contributed by atoms with Crippen LogP contribution in [0, 0.1) is 0 Å². The summed E-state index contributed by atoms with van der Waals surface area (Å²) in [5.41, 5.74) is 2.31. The van der Waals surface area contributed by atoms with E-state index in [0.29, 0.717) is 19.4 Å². The van der Waals surface area contributed by atoms with E-state index in [1.54, 1.807) is 0 Å². The van der Waals surface area contributed by atoms with E-state index >= 15 is 0 Å². The molecule has 1 heterocycles. The summed E-state index contributed by atoms with van der Waals surface area (Å²) in [5, 5.41) is 2.86. The van der Waals surface area contributed by atoms with Crippen LogP contribution in [0.4, 0.5) is 5.69 Å². The summed E-state index contributed by atoms with van der Waals surface area (Å²) in [4.78, 5) is 11.9. The van der Waals surface area contributed by atoms with Crippen molar-refractivity contribution in [3.8, 4) is 0 Å². The monoisotopic (exact) mass is 310 g/mol. The fourth-order valence-corrected chi connectivity index (χ4v) is 3.56. The molecule has 1 aliphatic rings. The highest BCUT2D eigenvalue weighted by molar-refractivity contribution is 7.89. The highest BCUT2D eigenvalue weighted by Crippen LogP contribution is 2.37. The van der Waals surface area contributed by atoms with Crippen LogP contribution in [-0.4, -0.2) is 26.6 Å². The second-order valence-corrected chi connectivity index (χ2v) is 7.85. The third-order valence-corrected chi connectivity index (χ3v) is 5.37. The Morgan fingerprint density at radius 1 is 1.29 bits per heavy atom. The van der Waals surface area contributed by atoms with Gasteiger partial charge in [0, 0.05) is 12.2 Å². The molecule has 2 rings (SSSR count). The van der Waals surface area contributed by atoms with Crippen LogP contribution in [0.25, 0.3) is 0 Å². The van der Waals surface area contributed by atoms with Crippen LogP contribution < -0.4 is 10.0 Å². The Hall–Kier alpha value is -1.40. The number of amides is 1. The van der Waals surface area contributed by atoms with Gasteiger partial charge in [-0.2, -0.15) is 0 Å². The normalized spacial score (nSPS) is 16.6. The molecule has 1 aliphatic heterocycles. The number of sulfonamides is 1. The van der Waals surface area contributed by atoms with Crippen molar-refractivity contribution in [2.75, 3.05) is 17.6 Å². The van der Waals surface area contributed by atoms with Gasteiger partial charge < -0.3 is 5.32 Å². The number of hydrogen-bond donors (Lipinski definition) is 2. The molecule has 6 heteroatoms. The van der Waals surface area contributed by atoms with Crippen molar-refractivity contribution in [3.05, 3.63) is 29.3 Å². The average Bonchev–Trinajstić information content (AvgIpc) is 2.60. The van der Waals surface area contributed by atoms with Gasteiger partial charge in [0.15, 0.2) is 0 Å². The first-order valence-corrected chi connectivity index (χ1v) is 8.83. The summed E-state index contributed by atoms with van der Waals surface area (Å²) < 4.78 is 25.8. The molecule has 0 unspecified atom stereocenters. The second-order valence-electron chi connectivity index (χ2n) is 5.92. The third-order valence-electron chi connectivity index (χ3n) is 3.78. The van der Waals surface area contributed by atoms with E-state index < -0.39 is 15.4 Å². The van der Waals surface area contributed by atoms with Crippen LogP contribution in [0.1, 0.15) is 38.3 Å². The SMILES string of the molecule is CCCS(=O)(=O)NCCc1ccc2c(c1)C(C)(C)C(=O)N2. The number of hydrogen-bond acceptors (Lipinski definition) is 3. The van der Waals surface area contributed by atoms with Gasteiger partial charge in [-0.15, -0.1) is 0 Å². The van der Waals surface area contributed by atoms with E-state index in [4.69, 9.17) is 0 Å². The van der Waals surface area contributed by atoms with E-state index in [0.717, 1.165) is 16.8 Å². The lowest BCUT2D eigenvalue weighted by atomic mass is 9.85. The minimum Gasteiger partial charge on any atom is -0.325 e. The smallest absolute Gasteiger partial charge is 0.234 e. The van der Waals surface area contributed by atoms with Crippen molar-refractivity contribution in [3.63, 3.8) is 0 Å². The molecule has 5 nitrogen and oxygen atoms in total. The zero-order chi connectivity index (χ0) is 15.7. The Balaban J connectivity index is 2.05. The average molecular weight is 310 g/mol. The molecule has 0 spiro atoms. The summed E-state index contributed by atoms with van der Waals surface area (Å²) >= 11 is 0. The van der Waals surface area contributed by atoms with Gasteiger partial charge in [-0.25, -0.2) is 13.1 Å². The minimum absolute atomic E-state index is 0.00158. The summed E-state index contributed by atoms with van der Waals surface area (Å²) in [7, 11) is -3.16. The maximum Gasteiger partial charge on any atom is 0.234 e. The Morgan fingerprint density at radius 3 is 2.67 bits per heavy atom. The highest BCUT2D eigenvalue weighted by atomic mass is 32.2. The van der Waals surface area contributed by atoms with Crippen LogP contribution in [0.2, 0.25) is 0 Å². The van der Waals surface area contributed by atoms with Gasteiger partial charge in [-0.3, -0.25) is 4.79 Å². The number of rotatable bonds is 6. The molecule has 0 saturated heterocycles. The van der Waals surface area contributed by atoms with Crippen molar-refractivity contribution >= 4 is 21.6 Å². The van der Waals surface area contributed by atoms with Crippen molar-refractivity contribution in [1.29, 1.82) is 0 Å². The van der Waals surface area contributed by atoms with Crippen LogP contribution in [0.3, 0.4) is 0 Å². The lowest BCUT2D eigenvalue weighted by Crippen LogP contribution is -2.28. The number of nitrogens with one attached hydrogen (secondary N) is 2. The van der Waals surface area contributed by atoms with Gasteiger partial charge >= 0.3 is 0 Å². The summed E-state index contributed by atoms with van der Waals surface area (Å²) in [6, 6.07) is 5.80. The maximum atomic E-state index is 11.9. The third kappa shape index (κ3) is 3.44. The van der Waals surface area contributed by atoms with Crippen molar-refractivity contribution in [2.24, 2.45) is 0 Å². The summed E-state index contributed by atoms with van der Waals surface area (Å²) in [5.74, 6) is 0.154. The molecule has 0 atom stereocenters. The quantitative estimate of drug-likeness (QED) is 0.841. The van der Waals surface area contributed by atoms with Crippen LogP contribution in [-0.2, 0) is 26.7 Å². The lowest BCUT2D eigenvalue weighted by molar-refractivity contribution is -0.119. The first-order valence-electron chi connectivity index (χ1n) is 7.18. The summed E-state index contributed by atoms with van der Waals surface area (Å²) in [6.45, 7) is 6.00. The molecular formula is C15H22N2O3S. The van der Waals surface area contributed by atoms with Gasteiger partial charge in [0.25, 0.3) is 0 Å².